The molecule has 1 N–H and O–H groups in total. The predicted molar refractivity (Wildman–Crippen MR) is 83.7 cm³/mol. The summed E-state index contributed by atoms with van der Waals surface area (Å²) in [5, 5.41) is 10.1. The third-order valence-electron chi connectivity index (χ3n) is 3.32. The van der Waals surface area contributed by atoms with Crippen LogP contribution in [0.2, 0.25) is 0 Å². The molecule has 102 valence electrons. The lowest BCUT2D eigenvalue weighted by Crippen LogP contribution is -2.01. The molecule has 0 saturated carbocycles. The molecule has 1 rings (SSSR count). The summed E-state index contributed by atoms with van der Waals surface area (Å²) < 4.78 is 0. The van der Waals surface area contributed by atoms with Gasteiger partial charge in [0.05, 0.1) is 0 Å². The Balaban J connectivity index is 3.10. The van der Waals surface area contributed by atoms with Crippen LogP contribution < -0.4 is 0 Å². The Labute approximate surface area is 117 Å². The standard InChI is InChI=1S/C18H24O/c1-4-7-10-15-13-14-18(19)17(12-9-6-3)16(15)11-8-5-2/h4-6,13-14,19H,1-3,7-12H2. The highest BCUT2D eigenvalue weighted by atomic mass is 16.3. The molecule has 1 heteroatoms. The fraction of sp³-hybridized carbons (Fsp3) is 0.333. The molecule has 0 aromatic heterocycles. The first kappa shape index (κ1) is 15.3. The second kappa shape index (κ2) is 8.36. The molecule has 0 atom stereocenters. The molecule has 0 heterocycles. The van der Waals surface area contributed by atoms with Crippen molar-refractivity contribution < 1.29 is 5.11 Å². The van der Waals surface area contributed by atoms with E-state index in [0.717, 1.165) is 44.1 Å². The molecule has 0 amide bonds. The third-order valence-corrected chi connectivity index (χ3v) is 3.32. The van der Waals surface area contributed by atoms with Gasteiger partial charge in [0.25, 0.3) is 0 Å². The Morgan fingerprint density at radius 1 is 0.789 bits per heavy atom. The number of hydrogen-bond acceptors (Lipinski definition) is 1. The molecule has 0 radical (unpaired) electrons. The third kappa shape index (κ3) is 4.44. The average molecular weight is 256 g/mol. The van der Waals surface area contributed by atoms with Crippen LogP contribution in [-0.4, -0.2) is 5.11 Å². The maximum atomic E-state index is 10.1. The molecule has 1 nitrogen and oxygen atoms in total. The zero-order valence-corrected chi connectivity index (χ0v) is 11.7. The van der Waals surface area contributed by atoms with Gasteiger partial charge in [-0.25, -0.2) is 0 Å². The summed E-state index contributed by atoms with van der Waals surface area (Å²) in [6.45, 7) is 11.3. The van der Waals surface area contributed by atoms with Gasteiger partial charge in [-0.1, -0.05) is 24.3 Å². The van der Waals surface area contributed by atoms with E-state index in [1.54, 1.807) is 0 Å². The molecule has 1 aromatic rings. The van der Waals surface area contributed by atoms with Crippen molar-refractivity contribution in [1.29, 1.82) is 0 Å². The maximum absolute atomic E-state index is 10.1. The average Bonchev–Trinajstić information content (AvgIpc) is 2.42. The van der Waals surface area contributed by atoms with E-state index in [2.05, 4.69) is 19.7 Å². The van der Waals surface area contributed by atoms with Crippen LogP contribution in [0.15, 0.2) is 50.1 Å². The number of aromatic hydroxyl groups is 1. The van der Waals surface area contributed by atoms with Gasteiger partial charge in [-0.3, -0.25) is 0 Å². The van der Waals surface area contributed by atoms with Crippen LogP contribution in [-0.2, 0) is 19.3 Å². The Morgan fingerprint density at radius 2 is 1.32 bits per heavy atom. The highest BCUT2D eigenvalue weighted by Gasteiger charge is 2.11. The second-order valence-electron chi connectivity index (χ2n) is 4.68. The topological polar surface area (TPSA) is 20.2 Å². The van der Waals surface area contributed by atoms with E-state index in [1.807, 2.05) is 30.4 Å². The normalized spacial score (nSPS) is 10.1. The van der Waals surface area contributed by atoms with Crippen molar-refractivity contribution in [2.45, 2.75) is 38.5 Å². The fourth-order valence-corrected chi connectivity index (χ4v) is 2.30. The molecule has 0 saturated heterocycles. The van der Waals surface area contributed by atoms with Crippen molar-refractivity contribution in [3.8, 4) is 5.75 Å². The number of phenolic OH excluding ortho intramolecular Hbond substituents is 1. The van der Waals surface area contributed by atoms with Crippen molar-refractivity contribution in [1.82, 2.24) is 0 Å². The molecule has 0 aliphatic heterocycles. The van der Waals surface area contributed by atoms with Crippen LogP contribution >= 0.6 is 0 Å². The van der Waals surface area contributed by atoms with E-state index in [0.29, 0.717) is 5.75 Å². The monoisotopic (exact) mass is 256 g/mol. The van der Waals surface area contributed by atoms with E-state index in [4.69, 9.17) is 0 Å². The summed E-state index contributed by atoms with van der Waals surface area (Å²) in [5.41, 5.74) is 3.67. The number of hydrogen-bond donors (Lipinski definition) is 1. The first-order chi connectivity index (χ1) is 9.24. The van der Waals surface area contributed by atoms with Crippen LogP contribution in [0.1, 0.15) is 36.0 Å². The summed E-state index contributed by atoms with van der Waals surface area (Å²) in [7, 11) is 0. The zero-order chi connectivity index (χ0) is 14.1. The lowest BCUT2D eigenvalue weighted by molar-refractivity contribution is 0.466. The van der Waals surface area contributed by atoms with Gasteiger partial charge in [-0.2, -0.15) is 0 Å². The van der Waals surface area contributed by atoms with E-state index in [1.165, 1.54) is 11.1 Å². The minimum Gasteiger partial charge on any atom is -0.508 e. The van der Waals surface area contributed by atoms with Gasteiger partial charge < -0.3 is 5.11 Å². The summed E-state index contributed by atoms with van der Waals surface area (Å²) >= 11 is 0. The molecular formula is C18H24O. The van der Waals surface area contributed by atoms with Gasteiger partial charge in [0.2, 0.25) is 0 Å². The number of rotatable bonds is 9. The first-order valence-corrected chi connectivity index (χ1v) is 6.89. The lowest BCUT2D eigenvalue weighted by atomic mass is 9.91. The van der Waals surface area contributed by atoms with E-state index in [-0.39, 0.29) is 0 Å². The number of benzene rings is 1. The van der Waals surface area contributed by atoms with Crippen molar-refractivity contribution in [2.24, 2.45) is 0 Å². The van der Waals surface area contributed by atoms with Crippen molar-refractivity contribution in [2.75, 3.05) is 0 Å². The number of aryl methyl sites for hydroxylation is 1. The molecular weight excluding hydrogens is 232 g/mol. The summed E-state index contributed by atoms with van der Waals surface area (Å²) in [5.74, 6) is 0.406. The van der Waals surface area contributed by atoms with E-state index >= 15 is 0 Å². The summed E-state index contributed by atoms with van der Waals surface area (Å²) in [4.78, 5) is 0. The van der Waals surface area contributed by atoms with Crippen LogP contribution in [0.5, 0.6) is 5.75 Å². The largest absolute Gasteiger partial charge is 0.508 e. The fourth-order valence-electron chi connectivity index (χ4n) is 2.30. The first-order valence-electron chi connectivity index (χ1n) is 6.89. The van der Waals surface area contributed by atoms with Crippen LogP contribution in [0, 0.1) is 0 Å². The Kier molecular flexibility index (Phi) is 6.73. The predicted octanol–water partition coefficient (Wildman–Crippen LogP) is 4.75. The molecule has 0 fully saturated rings. The molecule has 19 heavy (non-hydrogen) atoms. The minimum atomic E-state index is 0.406. The second-order valence-corrected chi connectivity index (χ2v) is 4.68. The van der Waals surface area contributed by atoms with E-state index in [9.17, 15) is 5.11 Å². The van der Waals surface area contributed by atoms with Crippen LogP contribution in [0.4, 0.5) is 0 Å². The Bertz CT molecular complexity index is 443. The highest BCUT2D eigenvalue weighted by molar-refractivity contribution is 5.45. The summed E-state index contributed by atoms with van der Waals surface area (Å²) in [6, 6.07) is 3.85. The van der Waals surface area contributed by atoms with Crippen LogP contribution in [0.3, 0.4) is 0 Å². The molecule has 1 aromatic carbocycles. The van der Waals surface area contributed by atoms with E-state index < -0.39 is 0 Å². The van der Waals surface area contributed by atoms with Gasteiger partial charge in [-0.15, -0.1) is 19.7 Å². The van der Waals surface area contributed by atoms with Gasteiger partial charge in [0.1, 0.15) is 5.75 Å². The highest BCUT2D eigenvalue weighted by Crippen LogP contribution is 2.28. The van der Waals surface area contributed by atoms with Crippen molar-refractivity contribution >= 4 is 0 Å². The zero-order valence-electron chi connectivity index (χ0n) is 11.7. The Morgan fingerprint density at radius 3 is 1.89 bits per heavy atom. The molecule has 0 aliphatic carbocycles. The van der Waals surface area contributed by atoms with Gasteiger partial charge >= 0.3 is 0 Å². The maximum Gasteiger partial charge on any atom is 0.119 e. The number of allylic oxidation sites excluding steroid dienone is 3. The van der Waals surface area contributed by atoms with Gasteiger partial charge in [0.15, 0.2) is 0 Å². The SMILES string of the molecule is C=CCCc1ccc(O)c(CCC=C)c1CCC=C. The smallest absolute Gasteiger partial charge is 0.119 e. The molecule has 0 aliphatic rings. The van der Waals surface area contributed by atoms with Gasteiger partial charge in [0, 0.05) is 0 Å². The molecule has 0 bridgehead atoms. The number of phenols is 1. The van der Waals surface area contributed by atoms with Crippen molar-refractivity contribution in [3.63, 3.8) is 0 Å². The van der Waals surface area contributed by atoms with Gasteiger partial charge in [-0.05, 0) is 61.3 Å². The molecule has 0 unspecified atom stereocenters. The van der Waals surface area contributed by atoms with Crippen LogP contribution in [0.25, 0.3) is 0 Å². The summed E-state index contributed by atoms with van der Waals surface area (Å²) in [6.07, 6.45) is 11.3. The minimum absolute atomic E-state index is 0.406. The Hall–Kier alpha value is -1.76. The quantitative estimate of drug-likeness (QED) is 0.632. The lowest BCUT2D eigenvalue weighted by Gasteiger charge is -2.15. The van der Waals surface area contributed by atoms with Crippen molar-refractivity contribution in [3.05, 3.63) is 66.8 Å². The molecule has 0 spiro atoms.